The first kappa shape index (κ1) is 14.7. The van der Waals surface area contributed by atoms with Crippen molar-refractivity contribution < 1.29 is 14.3 Å². The highest BCUT2D eigenvalue weighted by Gasteiger charge is 2.29. The van der Waals surface area contributed by atoms with Gasteiger partial charge in [0.1, 0.15) is 18.1 Å². The third kappa shape index (κ3) is 3.03. The highest BCUT2D eigenvalue weighted by molar-refractivity contribution is 6.30. The molecular formula is C15H14ClN3O3. The summed E-state index contributed by atoms with van der Waals surface area (Å²) in [6, 6.07) is 3.17. The molecule has 6 nitrogen and oxygen atoms in total. The van der Waals surface area contributed by atoms with Crippen LogP contribution in [0.1, 0.15) is 11.6 Å². The lowest BCUT2D eigenvalue weighted by molar-refractivity contribution is -0.146. The van der Waals surface area contributed by atoms with Crippen molar-refractivity contribution in [2.24, 2.45) is 0 Å². The Morgan fingerprint density at radius 2 is 2.23 bits per heavy atom. The number of halogens is 1. The van der Waals surface area contributed by atoms with Gasteiger partial charge in [-0.3, -0.25) is 14.8 Å². The molecule has 0 radical (unpaired) electrons. The van der Waals surface area contributed by atoms with Gasteiger partial charge in [0.15, 0.2) is 0 Å². The fourth-order valence-corrected chi connectivity index (χ4v) is 2.42. The first-order valence-electron chi connectivity index (χ1n) is 6.71. The zero-order valence-electron chi connectivity index (χ0n) is 11.9. The third-order valence-corrected chi connectivity index (χ3v) is 3.65. The second-order valence-corrected chi connectivity index (χ2v) is 5.33. The van der Waals surface area contributed by atoms with Gasteiger partial charge in [0, 0.05) is 37.3 Å². The summed E-state index contributed by atoms with van der Waals surface area (Å²) in [5.74, 6) is 1.04. The minimum Gasteiger partial charge on any atom is -0.455 e. The monoisotopic (exact) mass is 319 g/mol. The summed E-state index contributed by atoms with van der Waals surface area (Å²) in [5.41, 5.74) is 0.776. The number of carbonyl (C=O) groups is 1. The third-order valence-electron chi connectivity index (χ3n) is 3.44. The maximum absolute atomic E-state index is 11.8. The molecule has 114 valence electrons. The number of aromatic nitrogens is 2. The van der Waals surface area contributed by atoms with Gasteiger partial charge in [0.25, 0.3) is 0 Å². The maximum Gasteiger partial charge on any atom is 0.248 e. The summed E-state index contributed by atoms with van der Waals surface area (Å²) >= 11 is 5.91. The largest absolute Gasteiger partial charge is 0.455 e. The zero-order valence-corrected chi connectivity index (χ0v) is 12.7. The summed E-state index contributed by atoms with van der Waals surface area (Å²) in [6.45, 7) is 0.500. The smallest absolute Gasteiger partial charge is 0.248 e. The molecular weight excluding hydrogens is 306 g/mol. The lowest BCUT2D eigenvalue weighted by atomic mass is 10.1. The van der Waals surface area contributed by atoms with Gasteiger partial charge in [0.2, 0.25) is 5.91 Å². The van der Waals surface area contributed by atoms with Crippen molar-refractivity contribution in [2.45, 2.75) is 6.04 Å². The predicted octanol–water partition coefficient (Wildman–Crippen LogP) is 2.45. The maximum atomic E-state index is 11.8. The Morgan fingerprint density at radius 1 is 1.36 bits per heavy atom. The van der Waals surface area contributed by atoms with Crippen molar-refractivity contribution in [3.63, 3.8) is 0 Å². The quantitative estimate of drug-likeness (QED) is 0.869. The zero-order chi connectivity index (χ0) is 15.5. The normalized spacial score (nSPS) is 18.4. The topological polar surface area (TPSA) is 64.6 Å². The van der Waals surface area contributed by atoms with E-state index < -0.39 is 0 Å². The molecule has 1 fully saturated rings. The molecule has 0 saturated carbocycles. The van der Waals surface area contributed by atoms with E-state index in [0.717, 1.165) is 5.56 Å². The molecule has 7 heteroatoms. The molecule has 1 aliphatic rings. The Hall–Kier alpha value is -2.18. The fraction of sp³-hybridized carbons (Fsp3) is 0.267. The molecule has 3 heterocycles. The van der Waals surface area contributed by atoms with E-state index in [4.69, 9.17) is 21.1 Å². The highest BCUT2D eigenvalue weighted by Crippen LogP contribution is 2.33. The molecule has 0 bridgehead atoms. The van der Waals surface area contributed by atoms with Gasteiger partial charge in [-0.05, 0) is 6.07 Å². The molecule has 1 atom stereocenters. The molecule has 2 aromatic heterocycles. The summed E-state index contributed by atoms with van der Waals surface area (Å²) in [4.78, 5) is 21.6. The van der Waals surface area contributed by atoms with Gasteiger partial charge in [-0.25, -0.2) is 0 Å². The molecule has 3 rings (SSSR count). The molecule has 0 aliphatic carbocycles. The van der Waals surface area contributed by atoms with Gasteiger partial charge >= 0.3 is 0 Å². The number of hydrogen-bond acceptors (Lipinski definition) is 5. The van der Waals surface area contributed by atoms with Crippen molar-refractivity contribution in [3.8, 4) is 11.5 Å². The van der Waals surface area contributed by atoms with Gasteiger partial charge in [-0.2, -0.15) is 0 Å². The molecule has 0 spiro atoms. The Bertz CT molecular complexity index is 695. The lowest BCUT2D eigenvalue weighted by Crippen LogP contribution is -2.41. The lowest BCUT2D eigenvalue weighted by Gasteiger charge is -2.33. The number of likely N-dealkylation sites (N-methyl/N-ethyl adjacent to an activating group) is 1. The second kappa shape index (κ2) is 6.29. The summed E-state index contributed by atoms with van der Waals surface area (Å²) in [6.07, 6.45) is 6.41. The van der Waals surface area contributed by atoms with Gasteiger partial charge in [0.05, 0.1) is 23.9 Å². The summed E-state index contributed by atoms with van der Waals surface area (Å²) in [7, 11) is 1.74. The van der Waals surface area contributed by atoms with Crippen molar-refractivity contribution in [1.82, 2.24) is 14.9 Å². The Morgan fingerprint density at radius 3 is 3.05 bits per heavy atom. The van der Waals surface area contributed by atoms with Crippen LogP contribution in [0.2, 0.25) is 5.02 Å². The van der Waals surface area contributed by atoms with E-state index in [2.05, 4.69) is 9.97 Å². The Kier molecular flexibility index (Phi) is 4.22. The number of ether oxygens (including phenoxy) is 2. The average molecular weight is 320 g/mol. The fourth-order valence-electron chi connectivity index (χ4n) is 2.26. The van der Waals surface area contributed by atoms with Crippen molar-refractivity contribution in [1.29, 1.82) is 0 Å². The van der Waals surface area contributed by atoms with Crippen LogP contribution in [0.4, 0.5) is 0 Å². The highest BCUT2D eigenvalue weighted by atomic mass is 35.5. The van der Waals surface area contributed by atoms with E-state index in [1.807, 2.05) is 0 Å². The van der Waals surface area contributed by atoms with Gasteiger partial charge < -0.3 is 14.4 Å². The SMILES string of the molecule is CN1C(=O)COCC1c1cnccc1Oc1cncc(Cl)c1. The molecule has 0 aromatic carbocycles. The predicted molar refractivity (Wildman–Crippen MR) is 79.9 cm³/mol. The van der Waals surface area contributed by atoms with Crippen LogP contribution >= 0.6 is 11.6 Å². The number of rotatable bonds is 3. The van der Waals surface area contributed by atoms with Crippen LogP contribution in [0.3, 0.4) is 0 Å². The molecule has 22 heavy (non-hydrogen) atoms. The molecule has 2 aromatic rings. The second-order valence-electron chi connectivity index (χ2n) is 4.89. The van der Waals surface area contributed by atoms with Crippen molar-refractivity contribution in [2.75, 3.05) is 20.3 Å². The number of carbonyl (C=O) groups excluding carboxylic acids is 1. The van der Waals surface area contributed by atoms with Crippen LogP contribution in [0, 0.1) is 0 Å². The first-order chi connectivity index (χ1) is 10.6. The van der Waals surface area contributed by atoms with E-state index in [9.17, 15) is 4.79 Å². The Labute approximate surface area is 132 Å². The number of amides is 1. The minimum atomic E-state index is -0.239. The van der Waals surface area contributed by atoms with Gasteiger partial charge in [-0.1, -0.05) is 11.6 Å². The standard InChI is InChI=1S/C15H14ClN3O3/c1-19-13(8-21-9-15(19)20)12-7-17-3-2-14(12)22-11-4-10(16)5-18-6-11/h2-7,13H,8-9H2,1H3. The number of hydrogen-bond donors (Lipinski definition) is 0. The molecule has 1 saturated heterocycles. The molecule has 1 aliphatic heterocycles. The van der Waals surface area contributed by atoms with Crippen LogP contribution in [-0.2, 0) is 9.53 Å². The van der Waals surface area contributed by atoms with E-state index in [0.29, 0.717) is 23.1 Å². The first-order valence-corrected chi connectivity index (χ1v) is 7.08. The molecule has 1 amide bonds. The van der Waals surface area contributed by atoms with Crippen LogP contribution in [-0.4, -0.2) is 41.0 Å². The van der Waals surface area contributed by atoms with E-state index in [1.165, 1.54) is 6.20 Å². The minimum absolute atomic E-state index is 0.0736. The number of pyridine rings is 2. The number of nitrogens with zero attached hydrogens (tertiary/aromatic N) is 3. The molecule has 0 N–H and O–H groups in total. The number of morpholine rings is 1. The van der Waals surface area contributed by atoms with E-state index >= 15 is 0 Å². The van der Waals surface area contributed by atoms with Crippen molar-refractivity contribution in [3.05, 3.63) is 47.5 Å². The van der Waals surface area contributed by atoms with Crippen LogP contribution in [0.15, 0.2) is 36.9 Å². The Balaban J connectivity index is 1.91. The average Bonchev–Trinajstić information content (AvgIpc) is 2.51. The van der Waals surface area contributed by atoms with Crippen LogP contribution in [0.5, 0.6) is 11.5 Å². The summed E-state index contributed by atoms with van der Waals surface area (Å²) in [5, 5.41) is 0.487. The van der Waals surface area contributed by atoms with Crippen LogP contribution < -0.4 is 4.74 Å². The van der Waals surface area contributed by atoms with Crippen molar-refractivity contribution >= 4 is 17.5 Å². The summed E-state index contributed by atoms with van der Waals surface area (Å²) < 4.78 is 11.2. The van der Waals surface area contributed by atoms with Gasteiger partial charge in [-0.15, -0.1) is 0 Å². The van der Waals surface area contributed by atoms with E-state index in [1.54, 1.807) is 42.7 Å². The van der Waals surface area contributed by atoms with Crippen LogP contribution in [0.25, 0.3) is 0 Å². The molecule has 1 unspecified atom stereocenters. The van der Waals surface area contributed by atoms with E-state index in [-0.39, 0.29) is 18.6 Å².